The van der Waals surface area contributed by atoms with Gasteiger partial charge in [0.05, 0.1) is 0 Å². The second-order valence-corrected chi connectivity index (χ2v) is 8.40. The average Bonchev–Trinajstić information content (AvgIpc) is 2.70. The molecule has 32 heavy (non-hydrogen) atoms. The molecule has 1 amide bonds. The molecule has 1 rings (SSSR count). The van der Waals surface area contributed by atoms with Gasteiger partial charge in [-0.3, -0.25) is 4.79 Å². The van der Waals surface area contributed by atoms with Crippen LogP contribution in [0.5, 0.6) is 0 Å². The SMILES string of the molecule is C=CC(C)(CCC=C(C)CCC=C(C)C)C(NC(=O)c1ccccc1)(C(=O)O)C(F)(F)F. The zero-order chi connectivity index (χ0) is 24.6. The van der Waals surface area contributed by atoms with Gasteiger partial charge in [-0.25, -0.2) is 4.79 Å². The van der Waals surface area contributed by atoms with E-state index in [0.717, 1.165) is 24.5 Å². The highest BCUT2D eigenvalue weighted by atomic mass is 19.4. The van der Waals surface area contributed by atoms with Crippen LogP contribution in [-0.4, -0.2) is 28.7 Å². The van der Waals surface area contributed by atoms with E-state index in [1.165, 1.54) is 36.8 Å². The van der Waals surface area contributed by atoms with Gasteiger partial charge in [-0.05, 0) is 58.6 Å². The molecule has 1 aromatic carbocycles. The van der Waals surface area contributed by atoms with Crippen LogP contribution in [0.15, 0.2) is 66.3 Å². The topological polar surface area (TPSA) is 66.4 Å². The smallest absolute Gasteiger partial charge is 0.423 e. The third-order valence-corrected chi connectivity index (χ3v) is 5.64. The standard InChI is InChI=1S/C25H32F3NO3/c1-6-23(5,17-11-14-19(4)13-10-12-18(2)3)24(22(31)32,25(26,27)28)29-21(30)20-15-8-7-9-16-20/h6-9,12,14-16H,1,10-11,13,17H2,2-5H3,(H,29,30)(H,31,32). The van der Waals surface area contributed by atoms with Crippen LogP contribution in [-0.2, 0) is 4.79 Å². The van der Waals surface area contributed by atoms with Crippen molar-refractivity contribution >= 4 is 11.9 Å². The summed E-state index contributed by atoms with van der Waals surface area (Å²) in [4.78, 5) is 24.7. The predicted molar refractivity (Wildman–Crippen MR) is 120 cm³/mol. The summed E-state index contributed by atoms with van der Waals surface area (Å²) in [6.45, 7) is 10.5. The van der Waals surface area contributed by atoms with Crippen molar-refractivity contribution in [3.8, 4) is 0 Å². The van der Waals surface area contributed by atoms with Crippen molar-refractivity contribution in [1.29, 1.82) is 0 Å². The molecule has 2 N–H and O–H groups in total. The van der Waals surface area contributed by atoms with Crippen LogP contribution in [0.3, 0.4) is 0 Å². The van der Waals surface area contributed by atoms with E-state index in [1.54, 1.807) is 11.4 Å². The van der Waals surface area contributed by atoms with Crippen molar-refractivity contribution in [3.05, 3.63) is 71.8 Å². The van der Waals surface area contributed by atoms with Crippen LogP contribution in [0.4, 0.5) is 13.2 Å². The molecule has 7 heteroatoms. The highest BCUT2D eigenvalue weighted by Gasteiger charge is 2.70. The Morgan fingerprint density at radius 1 is 1.06 bits per heavy atom. The molecule has 0 aromatic heterocycles. The fourth-order valence-corrected chi connectivity index (χ4v) is 3.54. The number of hydrogen-bond acceptors (Lipinski definition) is 2. The lowest BCUT2D eigenvalue weighted by molar-refractivity contribution is -0.228. The van der Waals surface area contributed by atoms with Crippen LogP contribution < -0.4 is 5.32 Å². The van der Waals surface area contributed by atoms with E-state index < -0.39 is 29.0 Å². The lowest BCUT2D eigenvalue weighted by Gasteiger charge is -2.45. The molecular weight excluding hydrogens is 419 g/mol. The normalized spacial score (nSPS) is 15.8. The number of carboxylic acid groups (broad SMARTS) is 1. The molecule has 2 unspecified atom stereocenters. The molecule has 0 saturated carbocycles. The fourth-order valence-electron chi connectivity index (χ4n) is 3.54. The molecule has 1 aromatic rings. The first-order valence-electron chi connectivity index (χ1n) is 10.4. The third kappa shape index (κ3) is 6.34. The lowest BCUT2D eigenvalue weighted by Crippen LogP contribution is -2.71. The van der Waals surface area contributed by atoms with E-state index >= 15 is 0 Å². The summed E-state index contributed by atoms with van der Waals surface area (Å²) >= 11 is 0. The molecule has 0 bridgehead atoms. The summed E-state index contributed by atoms with van der Waals surface area (Å²) in [5.41, 5.74) is -3.43. The highest BCUT2D eigenvalue weighted by Crippen LogP contribution is 2.48. The monoisotopic (exact) mass is 451 g/mol. The van der Waals surface area contributed by atoms with Crippen molar-refractivity contribution in [2.45, 2.75) is 65.1 Å². The number of carboxylic acids is 1. The molecule has 176 valence electrons. The second kappa shape index (κ2) is 11.2. The van der Waals surface area contributed by atoms with E-state index in [0.29, 0.717) is 0 Å². The fraction of sp³-hybridized carbons (Fsp3) is 0.440. The number of hydrogen-bond donors (Lipinski definition) is 2. The van der Waals surface area contributed by atoms with Crippen LogP contribution in [0.25, 0.3) is 0 Å². The molecule has 0 fully saturated rings. The van der Waals surface area contributed by atoms with Gasteiger partial charge < -0.3 is 10.4 Å². The van der Waals surface area contributed by atoms with Gasteiger partial charge >= 0.3 is 12.1 Å². The molecule has 0 aliphatic carbocycles. The van der Waals surface area contributed by atoms with Crippen molar-refractivity contribution in [2.75, 3.05) is 0 Å². The van der Waals surface area contributed by atoms with Crippen LogP contribution in [0.2, 0.25) is 0 Å². The first-order chi connectivity index (χ1) is 14.8. The molecule has 0 heterocycles. The molecule has 4 nitrogen and oxygen atoms in total. The highest BCUT2D eigenvalue weighted by molar-refractivity contribution is 5.98. The quantitative estimate of drug-likeness (QED) is 0.379. The number of nitrogens with one attached hydrogen (secondary N) is 1. The first-order valence-corrected chi connectivity index (χ1v) is 10.4. The van der Waals surface area contributed by atoms with Crippen LogP contribution in [0.1, 0.15) is 63.7 Å². The Morgan fingerprint density at radius 2 is 1.66 bits per heavy atom. The number of rotatable bonds is 11. The molecule has 2 atom stereocenters. The number of alkyl halides is 3. The number of carbonyl (C=O) groups excluding carboxylic acids is 1. The second-order valence-electron chi connectivity index (χ2n) is 8.40. The first kappa shape index (κ1) is 27.2. The maximum atomic E-state index is 14.3. The van der Waals surface area contributed by atoms with Gasteiger partial charge in [-0.15, -0.1) is 6.58 Å². The molecule has 0 aliphatic heterocycles. The van der Waals surface area contributed by atoms with Gasteiger partial charge in [-0.1, -0.05) is 54.5 Å². The zero-order valence-electron chi connectivity index (χ0n) is 19.1. The predicted octanol–water partition coefficient (Wildman–Crippen LogP) is 6.47. The van der Waals surface area contributed by atoms with Crippen LogP contribution >= 0.6 is 0 Å². The van der Waals surface area contributed by atoms with Crippen molar-refractivity contribution in [1.82, 2.24) is 5.32 Å². The summed E-state index contributed by atoms with van der Waals surface area (Å²) in [6, 6.07) is 7.22. The number of aliphatic carboxylic acids is 1. The minimum atomic E-state index is -5.27. The lowest BCUT2D eigenvalue weighted by atomic mass is 9.67. The van der Waals surface area contributed by atoms with Gasteiger partial charge in [-0.2, -0.15) is 13.2 Å². The van der Waals surface area contributed by atoms with E-state index in [-0.39, 0.29) is 18.4 Å². The Hall–Kier alpha value is -2.83. The van der Waals surface area contributed by atoms with E-state index in [2.05, 4.69) is 12.7 Å². The molecule has 0 radical (unpaired) electrons. The van der Waals surface area contributed by atoms with E-state index in [1.807, 2.05) is 26.8 Å². The third-order valence-electron chi connectivity index (χ3n) is 5.64. The van der Waals surface area contributed by atoms with Gasteiger partial charge in [0.1, 0.15) is 0 Å². The van der Waals surface area contributed by atoms with Crippen LogP contribution in [0, 0.1) is 5.41 Å². The van der Waals surface area contributed by atoms with E-state index in [9.17, 15) is 27.9 Å². The Labute approximate surface area is 187 Å². The largest absolute Gasteiger partial charge is 0.479 e. The Kier molecular flexibility index (Phi) is 9.49. The number of benzene rings is 1. The summed E-state index contributed by atoms with van der Waals surface area (Å²) in [5, 5.41) is 11.6. The van der Waals surface area contributed by atoms with Crippen molar-refractivity contribution < 1.29 is 27.9 Å². The average molecular weight is 452 g/mol. The van der Waals surface area contributed by atoms with Gasteiger partial charge in [0.15, 0.2) is 0 Å². The number of allylic oxidation sites excluding steroid dienone is 4. The molecule has 0 spiro atoms. The number of carbonyl (C=O) groups is 2. The summed E-state index contributed by atoms with van der Waals surface area (Å²) < 4.78 is 43.0. The zero-order valence-corrected chi connectivity index (χ0v) is 19.1. The Balaban J connectivity index is 3.27. The minimum Gasteiger partial charge on any atom is -0.479 e. The van der Waals surface area contributed by atoms with E-state index in [4.69, 9.17) is 0 Å². The van der Waals surface area contributed by atoms with Crippen molar-refractivity contribution in [3.63, 3.8) is 0 Å². The number of halogens is 3. The maximum absolute atomic E-state index is 14.3. The molecular formula is C25H32F3NO3. The molecule has 0 saturated heterocycles. The summed E-state index contributed by atoms with van der Waals surface area (Å²) in [5.74, 6) is -3.30. The summed E-state index contributed by atoms with van der Waals surface area (Å²) in [6.07, 6.45) is 1.20. The van der Waals surface area contributed by atoms with Gasteiger partial charge in [0.25, 0.3) is 5.91 Å². The minimum absolute atomic E-state index is 0.0659. The van der Waals surface area contributed by atoms with Crippen molar-refractivity contribution in [2.24, 2.45) is 5.41 Å². The Bertz CT molecular complexity index is 870. The number of amides is 1. The Morgan fingerprint density at radius 3 is 2.12 bits per heavy atom. The summed E-state index contributed by atoms with van der Waals surface area (Å²) in [7, 11) is 0. The van der Waals surface area contributed by atoms with Gasteiger partial charge in [0.2, 0.25) is 5.54 Å². The maximum Gasteiger partial charge on any atom is 0.423 e. The molecule has 0 aliphatic rings. The van der Waals surface area contributed by atoms with Gasteiger partial charge in [0, 0.05) is 11.0 Å².